The third-order valence-electron chi connectivity index (χ3n) is 0.880. The van der Waals surface area contributed by atoms with Crippen molar-refractivity contribution in [1.29, 1.82) is 0 Å². The monoisotopic (exact) mass is 112 g/mol. The van der Waals surface area contributed by atoms with Crippen LogP contribution in [0.3, 0.4) is 0 Å². The molecule has 1 N–H and O–H groups in total. The molecule has 1 nitrogen and oxygen atoms in total. The molecule has 0 saturated carbocycles. The van der Waals surface area contributed by atoms with Crippen molar-refractivity contribution in [3.63, 3.8) is 0 Å². The van der Waals surface area contributed by atoms with Crippen LogP contribution < -0.4 is 5.73 Å². The molecule has 0 heterocycles. The lowest BCUT2D eigenvalue weighted by Gasteiger charge is -1.90. The average Bonchev–Trinajstić information content (AvgIpc) is 1.66. The van der Waals surface area contributed by atoms with E-state index in [0.29, 0.717) is 0 Å². The predicted octanol–water partition coefficient (Wildman–Crippen LogP) is 2.01. The highest BCUT2D eigenvalue weighted by molar-refractivity contribution is 4.87. The third kappa shape index (κ3) is 5.70. The van der Waals surface area contributed by atoms with Gasteiger partial charge >= 0.3 is 0 Å². The zero-order valence-corrected chi connectivity index (χ0v) is 5.65. The lowest BCUT2D eigenvalue weighted by molar-refractivity contribution is 0.872. The standard InChI is InChI=1S/C7H14N/c1-3-4-5-6-7(2)8/h5-8H,3-4H2,1-2H3/b6-5+. The van der Waals surface area contributed by atoms with Gasteiger partial charge in [0.25, 0.3) is 0 Å². The number of hydrogen-bond acceptors (Lipinski definition) is 0. The van der Waals surface area contributed by atoms with E-state index in [1.807, 2.05) is 13.0 Å². The first-order chi connectivity index (χ1) is 3.77. The van der Waals surface area contributed by atoms with Crippen LogP contribution in [0.4, 0.5) is 0 Å². The Labute approximate surface area is 51.6 Å². The summed E-state index contributed by atoms with van der Waals surface area (Å²) in [5.41, 5.74) is 7.07. The molecule has 1 atom stereocenters. The molecule has 0 aromatic rings. The smallest absolute Gasteiger partial charge is 0.0364 e. The van der Waals surface area contributed by atoms with Gasteiger partial charge in [-0.2, -0.15) is 0 Å². The molecule has 0 spiro atoms. The van der Waals surface area contributed by atoms with Crippen LogP contribution in [0.15, 0.2) is 12.2 Å². The van der Waals surface area contributed by atoms with Crippen LogP contribution >= 0.6 is 0 Å². The van der Waals surface area contributed by atoms with Gasteiger partial charge in [-0.05, 0) is 13.3 Å². The van der Waals surface area contributed by atoms with Gasteiger partial charge in [0.05, 0.1) is 0 Å². The van der Waals surface area contributed by atoms with Crippen LogP contribution in [0, 0.1) is 0 Å². The van der Waals surface area contributed by atoms with Crippen LogP contribution in [-0.4, -0.2) is 6.04 Å². The highest BCUT2D eigenvalue weighted by Gasteiger charge is 1.81. The molecular weight excluding hydrogens is 98.1 g/mol. The minimum Gasteiger partial charge on any atom is -0.251 e. The Balaban J connectivity index is 3.07. The Morgan fingerprint density at radius 2 is 2.25 bits per heavy atom. The number of nitrogens with one attached hydrogen (secondary N) is 1. The summed E-state index contributed by atoms with van der Waals surface area (Å²) in [4.78, 5) is 0. The van der Waals surface area contributed by atoms with Crippen LogP contribution in [0.1, 0.15) is 26.7 Å². The molecule has 8 heavy (non-hydrogen) atoms. The lowest BCUT2D eigenvalue weighted by Crippen LogP contribution is -1.94. The van der Waals surface area contributed by atoms with Crippen LogP contribution in [0.5, 0.6) is 0 Å². The second-order valence-corrected chi connectivity index (χ2v) is 2.01. The van der Waals surface area contributed by atoms with Crippen molar-refractivity contribution < 1.29 is 0 Å². The molecule has 0 saturated heterocycles. The minimum absolute atomic E-state index is 0.0263. The van der Waals surface area contributed by atoms with Crippen molar-refractivity contribution in [2.24, 2.45) is 0 Å². The minimum atomic E-state index is -0.0263. The van der Waals surface area contributed by atoms with E-state index in [1.54, 1.807) is 0 Å². The molecule has 0 fully saturated rings. The number of rotatable bonds is 3. The fourth-order valence-electron chi connectivity index (χ4n) is 0.467. The van der Waals surface area contributed by atoms with Crippen LogP contribution in [0.2, 0.25) is 0 Å². The Kier molecular flexibility index (Phi) is 4.67. The zero-order valence-electron chi connectivity index (χ0n) is 5.65. The fraction of sp³-hybridized carbons (Fsp3) is 0.714. The zero-order chi connectivity index (χ0) is 6.41. The molecule has 0 aliphatic carbocycles. The molecule has 0 aromatic carbocycles. The second-order valence-electron chi connectivity index (χ2n) is 2.01. The molecule has 0 rings (SSSR count). The summed E-state index contributed by atoms with van der Waals surface area (Å²) in [5.74, 6) is 0. The summed E-state index contributed by atoms with van der Waals surface area (Å²) in [6, 6.07) is -0.0263. The van der Waals surface area contributed by atoms with Crippen molar-refractivity contribution in [3.8, 4) is 0 Å². The van der Waals surface area contributed by atoms with Crippen molar-refractivity contribution >= 4 is 0 Å². The molecule has 1 unspecified atom stereocenters. The summed E-state index contributed by atoms with van der Waals surface area (Å²) in [7, 11) is 0. The first-order valence-electron chi connectivity index (χ1n) is 3.15. The average molecular weight is 112 g/mol. The lowest BCUT2D eigenvalue weighted by atomic mass is 10.2. The van der Waals surface area contributed by atoms with Gasteiger partial charge < -0.3 is 0 Å². The van der Waals surface area contributed by atoms with Gasteiger partial charge in [0.1, 0.15) is 0 Å². The quantitative estimate of drug-likeness (QED) is 0.499. The summed E-state index contributed by atoms with van der Waals surface area (Å²) in [5, 5.41) is 0. The third-order valence-corrected chi connectivity index (χ3v) is 0.880. The van der Waals surface area contributed by atoms with E-state index in [-0.39, 0.29) is 6.04 Å². The molecule has 47 valence electrons. The van der Waals surface area contributed by atoms with E-state index in [0.717, 1.165) is 6.42 Å². The summed E-state index contributed by atoms with van der Waals surface area (Å²) in [6.07, 6.45) is 6.29. The largest absolute Gasteiger partial charge is 0.251 e. The van der Waals surface area contributed by atoms with Gasteiger partial charge in [-0.3, -0.25) is 5.73 Å². The Bertz CT molecular complexity index is 64.8. The molecule has 0 amide bonds. The normalized spacial score (nSPS) is 14.9. The number of unbranched alkanes of at least 4 members (excludes halogenated alkanes) is 1. The predicted molar refractivity (Wildman–Crippen MR) is 36.6 cm³/mol. The molecule has 1 radical (unpaired) electrons. The molecule has 0 aromatic heterocycles. The van der Waals surface area contributed by atoms with Gasteiger partial charge in [-0.1, -0.05) is 25.5 Å². The second kappa shape index (κ2) is 4.85. The maximum atomic E-state index is 7.07. The maximum absolute atomic E-state index is 7.07. The molecule has 0 bridgehead atoms. The van der Waals surface area contributed by atoms with E-state index < -0.39 is 0 Å². The molecule has 0 aliphatic heterocycles. The first kappa shape index (κ1) is 7.70. The van der Waals surface area contributed by atoms with Gasteiger partial charge in [-0.15, -0.1) is 0 Å². The van der Waals surface area contributed by atoms with E-state index in [1.165, 1.54) is 6.42 Å². The SMILES string of the molecule is CCC/C=C/C(C)[NH]. The highest BCUT2D eigenvalue weighted by atomic mass is 14.6. The van der Waals surface area contributed by atoms with Gasteiger partial charge in [0, 0.05) is 6.04 Å². The molecule has 0 aliphatic rings. The highest BCUT2D eigenvalue weighted by Crippen LogP contribution is 1.89. The van der Waals surface area contributed by atoms with Crippen molar-refractivity contribution in [2.75, 3.05) is 0 Å². The fourth-order valence-corrected chi connectivity index (χ4v) is 0.467. The van der Waals surface area contributed by atoms with E-state index >= 15 is 0 Å². The van der Waals surface area contributed by atoms with Crippen LogP contribution in [0.25, 0.3) is 0 Å². The summed E-state index contributed by atoms with van der Waals surface area (Å²) in [6.45, 7) is 4.01. The van der Waals surface area contributed by atoms with Crippen molar-refractivity contribution in [3.05, 3.63) is 12.2 Å². The van der Waals surface area contributed by atoms with E-state index in [4.69, 9.17) is 5.73 Å². The summed E-state index contributed by atoms with van der Waals surface area (Å²) >= 11 is 0. The summed E-state index contributed by atoms with van der Waals surface area (Å²) < 4.78 is 0. The topological polar surface area (TPSA) is 23.8 Å². The van der Waals surface area contributed by atoms with E-state index in [2.05, 4.69) is 13.0 Å². The first-order valence-corrected chi connectivity index (χ1v) is 3.15. The van der Waals surface area contributed by atoms with Gasteiger partial charge in [0.15, 0.2) is 0 Å². The maximum Gasteiger partial charge on any atom is 0.0364 e. The van der Waals surface area contributed by atoms with Crippen LogP contribution in [-0.2, 0) is 0 Å². The molecular formula is C7H14N. The Morgan fingerprint density at radius 3 is 2.62 bits per heavy atom. The van der Waals surface area contributed by atoms with Crippen molar-refractivity contribution in [1.82, 2.24) is 5.73 Å². The Morgan fingerprint density at radius 1 is 1.62 bits per heavy atom. The van der Waals surface area contributed by atoms with Crippen molar-refractivity contribution in [2.45, 2.75) is 32.7 Å². The van der Waals surface area contributed by atoms with Gasteiger partial charge in [0.2, 0.25) is 0 Å². The molecule has 1 heteroatoms. The number of allylic oxidation sites excluding steroid dienone is 1. The Hall–Kier alpha value is -0.300. The number of hydrogen-bond donors (Lipinski definition) is 0. The van der Waals surface area contributed by atoms with Gasteiger partial charge in [-0.25, -0.2) is 0 Å². The van der Waals surface area contributed by atoms with E-state index in [9.17, 15) is 0 Å².